The molecule has 19 heavy (non-hydrogen) atoms. The average molecular weight is 339 g/mol. The Morgan fingerprint density at radius 3 is 1.74 bits per heavy atom. The van der Waals surface area contributed by atoms with Crippen LogP contribution in [-0.4, -0.2) is 46.1 Å². The molecular weight excluding hydrogens is 320 g/mol. The summed E-state index contributed by atoms with van der Waals surface area (Å²) in [6.07, 6.45) is 4.47. The van der Waals surface area contributed by atoms with Crippen molar-refractivity contribution in [3.8, 4) is 0 Å². The van der Waals surface area contributed by atoms with Gasteiger partial charge in [-0.05, 0) is 0 Å². The largest absolute Gasteiger partial charge is 0.371 e. The zero-order chi connectivity index (χ0) is 13.5. The molecule has 0 aromatic rings. The quantitative estimate of drug-likeness (QED) is 0.233. The Morgan fingerprint density at radius 1 is 1.00 bits per heavy atom. The van der Waals surface area contributed by atoms with E-state index in [1.54, 1.807) is 0 Å². The van der Waals surface area contributed by atoms with Gasteiger partial charge in [0.15, 0.2) is 0 Å². The highest BCUT2D eigenvalue weighted by Crippen LogP contribution is 2.41. The van der Waals surface area contributed by atoms with Gasteiger partial charge in [-0.2, -0.15) is 0 Å². The molecule has 4 atom stereocenters. The molecule has 2 rings (SSSR count). The molecule has 0 radical (unpaired) electrons. The van der Waals surface area contributed by atoms with Gasteiger partial charge in [0.1, 0.15) is 21.4 Å². The highest BCUT2D eigenvalue weighted by molar-refractivity contribution is 8.22. The summed E-state index contributed by atoms with van der Waals surface area (Å²) < 4.78 is 17.1. The van der Waals surface area contributed by atoms with Crippen molar-refractivity contribution in [3.63, 3.8) is 0 Å². The fourth-order valence-corrected chi connectivity index (χ4v) is 5.50. The van der Waals surface area contributed by atoms with Gasteiger partial charge in [0.25, 0.3) is 0 Å². The zero-order valence-corrected chi connectivity index (χ0v) is 13.8. The third-order valence-corrected chi connectivity index (χ3v) is 7.37. The van der Waals surface area contributed by atoms with Crippen LogP contribution in [-0.2, 0) is 13.1 Å². The van der Waals surface area contributed by atoms with E-state index in [2.05, 4.69) is 13.2 Å². The monoisotopic (exact) mass is 338 g/mol. The van der Waals surface area contributed by atoms with Gasteiger partial charge >= 0.3 is 0 Å². The van der Waals surface area contributed by atoms with Crippen molar-refractivity contribution in [2.45, 2.75) is 21.4 Å². The van der Waals surface area contributed by atoms with Gasteiger partial charge in [-0.1, -0.05) is 12.2 Å². The molecule has 7 heteroatoms. The van der Waals surface area contributed by atoms with Crippen molar-refractivity contribution in [2.75, 3.05) is 24.7 Å². The minimum absolute atomic E-state index is 0.326. The van der Waals surface area contributed by atoms with E-state index in [-0.39, 0.29) is 0 Å². The Hall–Kier alpha value is 0.760. The molecule has 0 aliphatic carbocycles. The number of rotatable bonds is 12. The maximum atomic E-state index is 5.72. The van der Waals surface area contributed by atoms with E-state index < -0.39 is 0 Å². The van der Waals surface area contributed by atoms with Crippen molar-refractivity contribution in [1.29, 1.82) is 0 Å². The molecule has 0 amide bonds. The first kappa shape index (κ1) is 16.1. The van der Waals surface area contributed by atoms with E-state index in [0.29, 0.717) is 21.4 Å². The fraction of sp³-hybridized carbons (Fsp3) is 0.667. The van der Waals surface area contributed by atoms with Crippen LogP contribution in [0.1, 0.15) is 0 Å². The highest BCUT2D eigenvalue weighted by Gasteiger charge is 2.37. The lowest BCUT2D eigenvalue weighted by Crippen LogP contribution is -2.09. The maximum absolute atomic E-state index is 5.72. The minimum Gasteiger partial charge on any atom is -0.371 e. The predicted molar refractivity (Wildman–Crippen MR) is 88.6 cm³/mol. The summed E-state index contributed by atoms with van der Waals surface area (Å²) in [7, 11) is 0. The molecule has 2 fully saturated rings. The highest BCUT2D eigenvalue weighted by atomic mass is 32.3. The summed E-state index contributed by atoms with van der Waals surface area (Å²) in [5.74, 6) is 1.85. The summed E-state index contributed by atoms with van der Waals surface area (Å²) in [4.78, 5) is 0. The molecule has 2 aliphatic rings. The lowest BCUT2D eigenvalue weighted by Gasteiger charge is -2.14. The third kappa shape index (κ3) is 6.37. The van der Waals surface area contributed by atoms with Crippen LogP contribution in [0.3, 0.4) is 0 Å². The smallest absolute Gasteiger partial charge is 0.106 e. The van der Waals surface area contributed by atoms with Gasteiger partial charge in [0.05, 0.1) is 13.2 Å². The third-order valence-electron chi connectivity index (χ3n) is 2.35. The average Bonchev–Trinajstić information content (AvgIpc) is 3.29. The van der Waals surface area contributed by atoms with E-state index in [1.165, 1.54) is 24.1 Å². The second kappa shape index (κ2) is 8.92. The molecule has 0 saturated carbocycles. The topological polar surface area (TPSA) is 34.3 Å². The number of ether oxygens (including phenoxy) is 2. The molecule has 0 spiro atoms. The molecule has 108 valence electrons. The molecule has 0 N–H and O–H groups in total. The second-order valence-electron chi connectivity index (χ2n) is 3.98. The van der Waals surface area contributed by atoms with Gasteiger partial charge in [-0.15, -0.1) is 36.7 Å². The molecular formula is C12H18O3S4. The number of thioether (sulfide) groups is 2. The Balaban J connectivity index is 1.64. The molecule has 2 aliphatic heterocycles. The SMILES string of the molecule is C=CCSC(SOSC(SCC=C)C1CO1)C1CO1. The molecule has 0 aromatic carbocycles. The van der Waals surface area contributed by atoms with Crippen LogP contribution in [0.2, 0.25) is 0 Å². The van der Waals surface area contributed by atoms with E-state index in [4.69, 9.17) is 13.1 Å². The van der Waals surface area contributed by atoms with Gasteiger partial charge in [0.2, 0.25) is 0 Å². The molecule has 0 aromatic heterocycles. The Labute approximate surface area is 132 Å². The summed E-state index contributed by atoms with van der Waals surface area (Å²) in [6.45, 7) is 9.17. The molecule has 2 heterocycles. The van der Waals surface area contributed by atoms with Gasteiger partial charge in [-0.3, -0.25) is 0 Å². The first-order chi connectivity index (χ1) is 9.35. The molecule has 0 bridgehead atoms. The van der Waals surface area contributed by atoms with Crippen molar-refractivity contribution in [3.05, 3.63) is 25.3 Å². The zero-order valence-electron chi connectivity index (χ0n) is 10.6. The van der Waals surface area contributed by atoms with E-state index >= 15 is 0 Å². The first-order valence-electron chi connectivity index (χ1n) is 6.02. The van der Waals surface area contributed by atoms with E-state index in [9.17, 15) is 0 Å². The summed E-state index contributed by atoms with van der Waals surface area (Å²) in [6, 6.07) is 0. The van der Waals surface area contributed by atoms with Crippen LogP contribution in [0.5, 0.6) is 0 Å². The first-order valence-corrected chi connectivity index (χ1v) is 9.73. The number of hydrogen-bond acceptors (Lipinski definition) is 7. The van der Waals surface area contributed by atoms with Crippen LogP contribution in [0.15, 0.2) is 25.3 Å². The normalized spacial score (nSPS) is 27.6. The summed E-state index contributed by atoms with van der Waals surface area (Å²) in [5, 5.41) is 0. The van der Waals surface area contributed by atoms with Gasteiger partial charge < -0.3 is 9.47 Å². The van der Waals surface area contributed by atoms with Crippen molar-refractivity contribution in [2.24, 2.45) is 0 Å². The standard InChI is InChI=1S/C12H18O3S4/c1-3-5-16-11(9-7-13-9)18-15-19-12(10-8-14-10)17-6-4-2/h3-4,9-12H,1-2,5-8H2. The Morgan fingerprint density at radius 2 is 1.42 bits per heavy atom. The van der Waals surface area contributed by atoms with Crippen LogP contribution < -0.4 is 0 Å². The lowest BCUT2D eigenvalue weighted by molar-refractivity contribution is 0.418. The van der Waals surface area contributed by atoms with Crippen molar-refractivity contribution < 1.29 is 13.1 Å². The fourth-order valence-electron chi connectivity index (χ4n) is 1.25. The second-order valence-corrected chi connectivity index (χ2v) is 8.88. The minimum atomic E-state index is 0.326. The van der Waals surface area contributed by atoms with Crippen molar-refractivity contribution in [1.82, 2.24) is 0 Å². The summed E-state index contributed by atoms with van der Waals surface area (Å²) >= 11 is 6.62. The predicted octanol–water partition coefficient (Wildman–Crippen LogP) is 3.59. The molecule has 3 nitrogen and oxygen atoms in total. The van der Waals surface area contributed by atoms with Gasteiger partial charge in [-0.25, -0.2) is 3.63 Å². The van der Waals surface area contributed by atoms with E-state index in [1.807, 2.05) is 35.7 Å². The molecule has 4 unspecified atom stereocenters. The Bertz CT molecular complexity index is 267. The van der Waals surface area contributed by atoms with Gasteiger partial charge in [0, 0.05) is 35.6 Å². The van der Waals surface area contributed by atoms with Crippen LogP contribution in [0, 0.1) is 0 Å². The maximum Gasteiger partial charge on any atom is 0.106 e. The lowest BCUT2D eigenvalue weighted by atomic mass is 10.6. The van der Waals surface area contributed by atoms with E-state index in [0.717, 1.165) is 24.7 Å². The Kier molecular flexibility index (Phi) is 7.57. The van der Waals surface area contributed by atoms with Crippen LogP contribution >= 0.6 is 47.6 Å². The van der Waals surface area contributed by atoms with Crippen LogP contribution in [0.25, 0.3) is 0 Å². The van der Waals surface area contributed by atoms with Crippen LogP contribution in [0.4, 0.5) is 0 Å². The van der Waals surface area contributed by atoms with Crippen molar-refractivity contribution >= 4 is 47.6 Å². The number of hydrogen-bond donors (Lipinski definition) is 0. The number of epoxide rings is 2. The molecule has 2 saturated heterocycles. The summed E-state index contributed by atoms with van der Waals surface area (Å²) in [5.41, 5.74) is 0.